The molecule has 0 radical (unpaired) electrons. The summed E-state index contributed by atoms with van der Waals surface area (Å²) in [5, 5.41) is 0. The molecule has 0 aliphatic carbocycles. The van der Waals surface area contributed by atoms with Gasteiger partial charge in [-0.25, -0.2) is 0 Å². The first-order valence-electron chi connectivity index (χ1n) is 2.13. The van der Waals surface area contributed by atoms with Gasteiger partial charge < -0.3 is 37.2 Å². The van der Waals surface area contributed by atoms with Gasteiger partial charge in [0.15, 0.2) is 0 Å². The third-order valence-corrected chi connectivity index (χ3v) is 1.22. The van der Waals surface area contributed by atoms with E-state index in [1.54, 1.807) is 0 Å². The Morgan fingerprint density at radius 1 is 0.800 bits per heavy atom. The van der Waals surface area contributed by atoms with Crippen molar-refractivity contribution in [2.75, 3.05) is 0 Å². The van der Waals surface area contributed by atoms with Gasteiger partial charge in [-0.1, -0.05) is 0 Å². The fourth-order valence-corrected chi connectivity index (χ4v) is 0.697. The maximum absolute atomic E-state index is 2.49. The van der Waals surface area contributed by atoms with E-state index in [0.29, 0.717) is 0 Å². The Bertz CT molecular complexity index is 143. The van der Waals surface area contributed by atoms with Crippen LogP contribution in [0.5, 0.6) is 0 Å². The van der Waals surface area contributed by atoms with E-state index < -0.39 is 0 Å². The van der Waals surface area contributed by atoms with E-state index in [1.165, 1.54) is 4.28 Å². The molecule has 1 aromatic rings. The van der Waals surface area contributed by atoms with Gasteiger partial charge in [0.25, 0.3) is 0 Å². The second-order valence-electron chi connectivity index (χ2n) is 1.34. The SMILES string of the molecule is [Cl-].[Cl-].[Cl-].[V+3][c]1ccccc1. The zero-order valence-electron chi connectivity index (χ0n) is 4.97. The van der Waals surface area contributed by atoms with Crippen molar-refractivity contribution in [1.82, 2.24) is 0 Å². The van der Waals surface area contributed by atoms with Crippen molar-refractivity contribution in [3.63, 3.8) is 0 Å². The Labute approximate surface area is 89.0 Å². The quantitative estimate of drug-likeness (QED) is 0.418. The Morgan fingerprint density at radius 3 is 1.40 bits per heavy atom. The normalized spacial score (nSPS) is 6.20. The summed E-state index contributed by atoms with van der Waals surface area (Å²) in [4.78, 5) is 0. The Morgan fingerprint density at radius 2 is 1.20 bits per heavy atom. The van der Waals surface area contributed by atoms with Crippen LogP contribution < -0.4 is 41.5 Å². The number of benzene rings is 1. The molecule has 0 aliphatic rings. The van der Waals surface area contributed by atoms with Gasteiger partial charge >= 0.3 is 52.0 Å². The van der Waals surface area contributed by atoms with Crippen LogP contribution in [0.15, 0.2) is 30.3 Å². The van der Waals surface area contributed by atoms with E-state index in [0.717, 1.165) is 0 Å². The molecule has 0 saturated heterocycles. The van der Waals surface area contributed by atoms with Crippen molar-refractivity contribution in [3.8, 4) is 0 Å². The number of rotatable bonds is 0. The predicted octanol–water partition coefficient (Wildman–Crippen LogP) is -8.13. The predicted molar refractivity (Wildman–Crippen MR) is 26.1 cm³/mol. The molecule has 4 heteroatoms. The standard InChI is InChI=1S/C6H5.3ClH.V/c1-2-4-6-5-3-1;;;;/h1-5H;3*1H;/q;;;;+3/p-3. The molecule has 1 rings (SSSR count). The van der Waals surface area contributed by atoms with Crippen molar-refractivity contribution in [1.29, 1.82) is 0 Å². The molecule has 0 aliphatic heterocycles. The number of hydrogen-bond donors (Lipinski definition) is 0. The molecule has 0 nitrogen and oxygen atoms in total. The van der Waals surface area contributed by atoms with E-state index in [4.69, 9.17) is 0 Å². The van der Waals surface area contributed by atoms with E-state index in [2.05, 4.69) is 29.6 Å². The van der Waals surface area contributed by atoms with Gasteiger partial charge in [0.05, 0.1) is 0 Å². The Hall–Kier alpha value is 0.674. The van der Waals surface area contributed by atoms with Gasteiger partial charge in [0.2, 0.25) is 0 Å². The van der Waals surface area contributed by atoms with Crippen LogP contribution in [0.25, 0.3) is 0 Å². The van der Waals surface area contributed by atoms with Crippen molar-refractivity contribution >= 4 is 4.28 Å². The summed E-state index contributed by atoms with van der Waals surface area (Å²) in [5.74, 6) is 0. The first-order valence-corrected chi connectivity index (χ1v) is 2.83. The topological polar surface area (TPSA) is 0 Å². The van der Waals surface area contributed by atoms with Gasteiger partial charge in [0, 0.05) is 0 Å². The van der Waals surface area contributed by atoms with Crippen LogP contribution >= 0.6 is 0 Å². The second kappa shape index (κ2) is 9.67. The summed E-state index contributed by atoms with van der Waals surface area (Å²) in [6.45, 7) is 0. The van der Waals surface area contributed by atoms with E-state index in [-0.39, 0.29) is 37.2 Å². The summed E-state index contributed by atoms with van der Waals surface area (Å²) in [6.07, 6.45) is 0. The van der Waals surface area contributed by atoms with Gasteiger partial charge in [-0.2, -0.15) is 0 Å². The summed E-state index contributed by atoms with van der Waals surface area (Å²) in [7, 11) is 0. The van der Waals surface area contributed by atoms with Gasteiger partial charge in [-0.05, 0) is 0 Å². The third kappa shape index (κ3) is 6.79. The monoisotopic (exact) mass is 233 g/mol. The summed E-state index contributed by atoms with van der Waals surface area (Å²) in [6, 6.07) is 10.2. The maximum atomic E-state index is 2.49. The molecule has 0 spiro atoms. The molecule has 10 heavy (non-hydrogen) atoms. The average Bonchev–Trinajstić information content (AvgIpc) is 1.69. The molecule has 0 saturated carbocycles. The molecule has 0 aromatic heterocycles. The fraction of sp³-hybridized carbons (Fsp3) is 0. The van der Waals surface area contributed by atoms with Gasteiger partial charge in [-0.15, -0.1) is 0 Å². The fourth-order valence-electron chi connectivity index (χ4n) is 0.428. The van der Waals surface area contributed by atoms with Gasteiger partial charge in [-0.3, -0.25) is 0 Å². The molecule has 0 fully saturated rings. The van der Waals surface area contributed by atoms with Crippen LogP contribution in [0, 0.1) is 0 Å². The average molecular weight is 234 g/mol. The molecule has 0 N–H and O–H groups in total. The Kier molecular flexibility index (Phi) is 16.4. The molecule has 0 atom stereocenters. The summed E-state index contributed by atoms with van der Waals surface area (Å²) in [5.41, 5.74) is 0. The zero-order chi connectivity index (χ0) is 5.11. The molecule has 1 aromatic carbocycles. The van der Waals surface area contributed by atoms with Crippen molar-refractivity contribution in [2.45, 2.75) is 0 Å². The third-order valence-electron chi connectivity index (χ3n) is 0.756. The van der Waals surface area contributed by atoms with Crippen LogP contribution in [-0.4, -0.2) is 0 Å². The van der Waals surface area contributed by atoms with E-state index in [9.17, 15) is 0 Å². The minimum absolute atomic E-state index is 0. The second-order valence-corrected chi connectivity index (χ2v) is 2.14. The number of hydrogen-bond acceptors (Lipinski definition) is 0. The molecular weight excluding hydrogens is 229 g/mol. The molecule has 0 amide bonds. The summed E-state index contributed by atoms with van der Waals surface area (Å²) >= 11 is 2.49. The Balaban J connectivity index is -0.000000163. The summed E-state index contributed by atoms with van der Waals surface area (Å²) < 4.78 is 1.26. The molecule has 55 valence electrons. The van der Waals surface area contributed by atoms with E-state index >= 15 is 0 Å². The molecular formula is C6H5Cl3V. The van der Waals surface area contributed by atoms with Gasteiger partial charge in [0.1, 0.15) is 0 Å². The minimum atomic E-state index is 0. The van der Waals surface area contributed by atoms with Crippen LogP contribution in [0.1, 0.15) is 0 Å². The molecule has 0 unspecified atom stereocenters. The molecule has 0 heterocycles. The first-order chi connectivity index (χ1) is 3.39. The van der Waals surface area contributed by atoms with Crippen LogP contribution in [0.2, 0.25) is 0 Å². The number of halogens is 3. The van der Waals surface area contributed by atoms with E-state index in [1.807, 2.05) is 18.2 Å². The van der Waals surface area contributed by atoms with Crippen LogP contribution in [0.4, 0.5) is 0 Å². The van der Waals surface area contributed by atoms with Crippen molar-refractivity contribution < 1.29 is 54.6 Å². The first kappa shape index (κ1) is 17.0. The molecule has 0 bridgehead atoms. The van der Waals surface area contributed by atoms with Crippen LogP contribution in [-0.2, 0) is 17.4 Å². The van der Waals surface area contributed by atoms with Crippen molar-refractivity contribution in [2.24, 2.45) is 0 Å². The zero-order valence-corrected chi connectivity index (χ0v) is 8.63. The van der Waals surface area contributed by atoms with Crippen molar-refractivity contribution in [3.05, 3.63) is 30.3 Å². The van der Waals surface area contributed by atoms with Crippen LogP contribution in [0.3, 0.4) is 0 Å².